The third kappa shape index (κ3) is 2.95. The Kier molecular flexibility index (Phi) is 4.09. The van der Waals surface area contributed by atoms with Crippen LogP contribution in [0.5, 0.6) is 0 Å². The lowest BCUT2D eigenvalue weighted by Gasteiger charge is -2.35. The Bertz CT molecular complexity index is 645. The van der Waals surface area contributed by atoms with Crippen LogP contribution < -0.4 is 4.90 Å². The number of nitrogens with zero attached hydrogens (tertiary/aromatic N) is 5. The number of aromatic nitrogens is 3. The molecule has 3 rings (SSSR count). The fourth-order valence-corrected chi connectivity index (χ4v) is 2.73. The average molecular weight is 299 g/mol. The van der Waals surface area contributed by atoms with Crippen molar-refractivity contribution in [3.05, 3.63) is 36.4 Å². The average Bonchev–Trinajstić information content (AvgIpc) is 3.08. The molecule has 0 spiro atoms. The fraction of sp³-hybridized carbons (Fsp3) is 0.438. The molecule has 0 N–H and O–H groups in total. The predicted octanol–water partition coefficient (Wildman–Crippen LogP) is 1.63. The van der Waals surface area contributed by atoms with Crippen LogP contribution in [0, 0.1) is 6.92 Å². The maximum Gasteiger partial charge on any atom is 0.222 e. The summed E-state index contributed by atoms with van der Waals surface area (Å²) in [6.07, 6.45) is 4.53. The number of aryl methyl sites for hydroxylation is 1. The zero-order valence-electron chi connectivity index (χ0n) is 13.1. The number of hydrogen-bond donors (Lipinski definition) is 0. The van der Waals surface area contributed by atoms with Gasteiger partial charge in [0.2, 0.25) is 5.91 Å². The molecule has 0 unspecified atom stereocenters. The number of hydrogen-bond acceptors (Lipinski definition) is 4. The molecule has 6 nitrogen and oxygen atoms in total. The molecule has 1 fully saturated rings. The van der Waals surface area contributed by atoms with E-state index in [0.717, 1.165) is 43.6 Å². The summed E-state index contributed by atoms with van der Waals surface area (Å²) in [5.41, 5.74) is 0. The molecule has 3 heterocycles. The number of carbonyl (C=O) groups is 1. The summed E-state index contributed by atoms with van der Waals surface area (Å²) in [4.78, 5) is 24.9. The summed E-state index contributed by atoms with van der Waals surface area (Å²) in [6.45, 7) is 6.96. The Morgan fingerprint density at radius 1 is 1.09 bits per heavy atom. The summed E-state index contributed by atoms with van der Waals surface area (Å²) < 4.78 is 1.98. The number of amides is 1. The van der Waals surface area contributed by atoms with Crippen LogP contribution in [0.4, 0.5) is 5.82 Å². The lowest BCUT2D eigenvalue weighted by molar-refractivity contribution is -0.131. The predicted molar refractivity (Wildman–Crippen MR) is 85.2 cm³/mol. The minimum absolute atomic E-state index is 0.228. The maximum atomic E-state index is 11.8. The van der Waals surface area contributed by atoms with Gasteiger partial charge >= 0.3 is 0 Å². The fourth-order valence-electron chi connectivity index (χ4n) is 2.73. The second-order valence-electron chi connectivity index (χ2n) is 5.44. The van der Waals surface area contributed by atoms with Gasteiger partial charge in [-0.1, -0.05) is 6.92 Å². The van der Waals surface area contributed by atoms with Gasteiger partial charge in [0, 0.05) is 51.1 Å². The first-order valence-corrected chi connectivity index (χ1v) is 7.69. The van der Waals surface area contributed by atoms with Crippen molar-refractivity contribution in [1.82, 2.24) is 19.4 Å². The zero-order valence-corrected chi connectivity index (χ0v) is 13.1. The summed E-state index contributed by atoms with van der Waals surface area (Å²) in [6, 6.07) is 5.96. The molecule has 0 bridgehead atoms. The van der Waals surface area contributed by atoms with Crippen molar-refractivity contribution in [2.24, 2.45) is 0 Å². The molecule has 22 heavy (non-hydrogen) atoms. The van der Waals surface area contributed by atoms with Crippen LogP contribution in [0.2, 0.25) is 0 Å². The molecule has 0 aromatic carbocycles. The Balaban J connectivity index is 1.77. The third-order valence-electron chi connectivity index (χ3n) is 3.94. The Labute approximate surface area is 130 Å². The van der Waals surface area contributed by atoms with E-state index in [-0.39, 0.29) is 5.91 Å². The molecular formula is C16H21N5O. The molecule has 116 valence electrons. The van der Waals surface area contributed by atoms with Crippen LogP contribution in [0.1, 0.15) is 19.2 Å². The maximum absolute atomic E-state index is 11.8. The van der Waals surface area contributed by atoms with Crippen LogP contribution in [0.15, 0.2) is 30.6 Å². The van der Waals surface area contributed by atoms with E-state index in [1.165, 1.54) is 0 Å². The Morgan fingerprint density at radius 3 is 2.36 bits per heavy atom. The van der Waals surface area contributed by atoms with Gasteiger partial charge in [0.1, 0.15) is 17.5 Å². The van der Waals surface area contributed by atoms with Crippen LogP contribution in [-0.2, 0) is 4.79 Å². The molecule has 1 aliphatic heterocycles. The number of anilines is 1. The van der Waals surface area contributed by atoms with Gasteiger partial charge in [-0.05, 0) is 19.1 Å². The first kappa shape index (κ1) is 14.6. The smallest absolute Gasteiger partial charge is 0.222 e. The minimum atomic E-state index is 0.228. The molecule has 2 aromatic rings. The van der Waals surface area contributed by atoms with Crippen molar-refractivity contribution >= 4 is 11.7 Å². The minimum Gasteiger partial charge on any atom is -0.353 e. The van der Waals surface area contributed by atoms with Gasteiger partial charge in [-0.15, -0.1) is 0 Å². The first-order chi connectivity index (χ1) is 10.7. The van der Waals surface area contributed by atoms with Crippen molar-refractivity contribution in [2.45, 2.75) is 20.3 Å². The molecule has 0 aliphatic carbocycles. The largest absolute Gasteiger partial charge is 0.353 e. The van der Waals surface area contributed by atoms with E-state index in [1.807, 2.05) is 53.9 Å². The molecule has 0 saturated carbocycles. The summed E-state index contributed by atoms with van der Waals surface area (Å²) in [5.74, 6) is 2.79. The molecule has 1 saturated heterocycles. The Morgan fingerprint density at radius 2 is 1.73 bits per heavy atom. The highest BCUT2D eigenvalue weighted by Crippen LogP contribution is 2.17. The monoisotopic (exact) mass is 299 g/mol. The van der Waals surface area contributed by atoms with Crippen LogP contribution in [0.25, 0.3) is 5.82 Å². The van der Waals surface area contributed by atoms with E-state index in [4.69, 9.17) is 0 Å². The molecule has 2 aromatic heterocycles. The number of piperazine rings is 1. The highest BCUT2D eigenvalue weighted by Gasteiger charge is 2.21. The van der Waals surface area contributed by atoms with Gasteiger partial charge < -0.3 is 14.4 Å². The van der Waals surface area contributed by atoms with Gasteiger partial charge in [-0.2, -0.15) is 0 Å². The van der Waals surface area contributed by atoms with E-state index in [9.17, 15) is 4.79 Å². The SMILES string of the molecule is CCC(=O)N1CCN(c2cc(-n3cccc3)nc(C)n2)CC1. The van der Waals surface area contributed by atoms with E-state index in [1.54, 1.807) is 0 Å². The van der Waals surface area contributed by atoms with Crippen molar-refractivity contribution in [3.63, 3.8) is 0 Å². The normalized spacial score (nSPS) is 15.2. The zero-order chi connectivity index (χ0) is 15.5. The quantitative estimate of drug-likeness (QED) is 0.864. The second-order valence-corrected chi connectivity index (χ2v) is 5.44. The van der Waals surface area contributed by atoms with E-state index in [0.29, 0.717) is 6.42 Å². The highest BCUT2D eigenvalue weighted by atomic mass is 16.2. The standard InChI is InChI=1S/C16H21N5O/c1-3-16(22)21-10-8-20(9-11-21)15-12-14(17-13(2)18-15)19-6-4-5-7-19/h4-7,12H,3,8-11H2,1-2H3. The van der Waals surface area contributed by atoms with E-state index < -0.39 is 0 Å². The number of carbonyl (C=O) groups excluding carboxylic acids is 1. The van der Waals surface area contributed by atoms with Crippen molar-refractivity contribution in [1.29, 1.82) is 0 Å². The highest BCUT2D eigenvalue weighted by molar-refractivity contribution is 5.76. The molecular weight excluding hydrogens is 278 g/mol. The van der Waals surface area contributed by atoms with Crippen molar-refractivity contribution < 1.29 is 4.79 Å². The summed E-state index contributed by atoms with van der Waals surface area (Å²) in [7, 11) is 0. The van der Waals surface area contributed by atoms with Crippen LogP contribution in [0.3, 0.4) is 0 Å². The van der Waals surface area contributed by atoms with Crippen LogP contribution in [-0.4, -0.2) is 51.5 Å². The van der Waals surface area contributed by atoms with Crippen molar-refractivity contribution in [3.8, 4) is 5.82 Å². The molecule has 1 aliphatic rings. The molecule has 6 heteroatoms. The van der Waals surface area contributed by atoms with Crippen molar-refractivity contribution in [2.75, 3.05) is 31.1 Å². The lowest BCUT2D eigenvalue weighted by Crippen LogP contribution is -2.49. The first-order valence-electron chi connectivity index (χ1n) is 7.69. The van der Waals surface area contributed by atoms with Gasteiger partial charge in [0.15, 0.2) is 0 Å². The van der Waals surface area contributed by atoms with Crippen LogP contribution >= 0.6 is 0 Å². The molecule has 0 atom stereocenters. The topological polar surface area (TPSA) is 54.3 Å². The van der Waals surface area contributed by atoms with Gasteiger partial charge in [-0.25, -0.2) is 9.97 Å². The number of rotatable bonds is 3. The van der Waals surface area contributed by atoms with Gasteiger partial charge in [0.05, 0.1) is 0 Å². The molecule has 1 amide bonds. The van der Waals surface area contributed by atoms with Gasteiger partial charge in [-0.3, -0.25) is 4.79 Å². The summed E-state index contributed by atoms with van der Waals surface area (Å²) >= 11 is 0. The van der Waals surface area contributed by atoms with Gasteiger partial charge in [0.25, 0.3) is 0 Å². The summed E-state index contributed by atoms with van der Waals surface area (Å²) in [5, 5.41) is 0. The Hall–Kier alpha value is -2.37. The van der Waals surface area contributed by atoms with E-state index >= 15 is 0 Å². The molecule has 0 radical (unpaired) electrons. The third-order valence-corrected chi connectivity index (χ3v) is 3.94. The lowest BCUT2D eigenvalue weighted by atomic mass is 10.3. The van der Waals surface area contributed by atoms with E-state index in [2.05, 4.69) is 14.9 Å². The second kappa shape index (κ2) is 6.17.